The van der Waals surface area contributed by atoms with E-state index in [1.165, 1.54) is 0 Å². The predicted octanol–water partition coefficient (Wildman–Crippen LogP) is 3.47. The highest BCUT2D eigenvalue weighted by molar-refractivity contribution is 5.83. The van der Waals surface area contributed by atoms with E-state index in [2.05, 4.69) is 0 Å². The Kier molecular flexibility index (Phi) is 2.96. The van der Waals surface area contributed by atoms with Gasteiger partial charge >= 0.3 is 0 Å². The van der Waals surface area contributed by atoms with E-state index < -0.39 is 0 Å². The van der Waals surface area contributed by atoms with Gasteiger partial charge in [0.05, 0.1) is 0 Å². The maximum atomic E-state index is 9.29. The smallest absolute Gasteiger partial charge is 0.175 e. The molecule has 0 spiro atoms. The molecule has 2 aromatic rings. The van der Waals surface area contributed by atoms with Gasteiger partial charge in [-0.15, -0.1) is 0 Å². The lowest BCUT2D eigenvalue weighted by atomic mass is 10.2. The second-order valence-electron chi connectivity index (χ2n) is 2.55. The summed E-state index contributed by atoms with van der Waals surface area (Å²) in [6.07, 6.45) is 0. The fourth-order valence-electron chi connectivity index (χ4n) is 1.18. The van der Waals surface area contributed by atoms with Gasteiger partial charge < -0.3 is 9.52 Å². The largest absolute Gasteiger partial charge is 0.504 e. The minimum Gasteiger partial charge on any atom is -0.504 e. The molecule has 0 radical (unpaired) electrons. The van der Waals surface area contributed by atoms with E-state index in [0.29, 0.717) is 5.58 Å². The van der Waals surface area contributed by atoms with E-state index in [1.54, 1.807) is 12.1 Å². The number of fused-ring (bicyclic) bond motifs is 1. The zero-order chi connectivity index (χ0) is 9.84. The molecule has 13 heavy (non-hydrogen) atoms. The number of phenols is 1. The van der Waals surface area contributed by atoms with Crippen molar-refractivity contribution >= 4 is 11.0 Å². The summed E-state index contributed by atoms with van der Waals surface area (Å²) in [4.78, 5) is 0. The molecular weight excluding hydrogens is 164 g/mol. The molecule has 0 saturated carbocycles. The van der Waals surface area contributed by atoms with Crippen LogP contribution in [0.3, 0.4) is 0 Å². The molecule has 0 atom stereocenters. The summed E-state index contributed by atoms with van der Waals surface area (Å²) < 4.78 is 5.25. The third kappa shape index (κ3) is 1.83. The molecule has 0 unspecified atom stereocenters. The molecule has 0 bridgehead atoms. The summed E-state index contributed by atoms with van der Waals surface area (Å²) in [5.41, 5.74) is 0.574. The van der Waals surface area contributed by atoms with Crippen LogP contribution in [0.5, 0.6) is 5.75 Å². The van der Waals surface area contributed by atoms with E-state index >= 15 is 0 Å². The first-order valence-electron chi connectivity index (χ1n) is 4.45. The lowest BCUT2D eigenvalue weighted by Crippen LogP contribution is -1.63. The molecule has 0 fully saturated rings. The Bertz CT molecular complexity index is 388. The van der Waals surface area contributed by atoms with Crippen LogP contribution < -0.4 is 0 Å². The molecule has 0 saturated heterocycles. The van der Waals surface area contributed by atoms with Crippen LogP contribution in [-0.2, 0) is 0 Å². The highest BCUT2D eigenvalue weighted by Crippen LogP contribution is 2.26. The van der Waals surface area contributed by atoms with Gasteiger partial charge in [0, 0.05) is 5.39 Å². The molecular formula is C11H14O2. The average Bonchev–Trinajstić information content (AvgIpc) is 2.51. The summed E-state index contributed by atoms with van der Waals surface area (Å²) in [5.74, 6) is 1.03. The van der Waals surface area contributed by atoms with Crippen molar-refractivity contribution in [1.82, 2.24) is 0 Å². The molecule has 1 aromatic heterocycles. The van der Waals surface area contributed by atoms with Gasteiger partial charge in [0.2, 0.25) is 0 Å². The van der Waals surface area contributed by atoms with Crippen LogP contribution in [0.1, 0.15) is 19.6 Å². The van der Waals surface area contributed by atoms with E-state index in [-0.39, 0.29) is 5.75 Å². The minimum absolute atomic E-state index is 0.204. The van der Waals surface area contributed by atoms with Crippen molar-refractivity contribution in [2.75, 3.05) is 0 Å². The lowest BCUT2D eigenvalue weighted by molar-refractivity contribution is 0.461. The minimum atomic E-state index is 0.204. The van der Waals surface area contributed by atoms with Gasteiger partial charge in [-0.2, -0.15) is 0 Å². The summed E-state index contributed by atoms with van der Waals surface area (Å²) in [6, 6.07) is 7.22. The van der Waals surface area contributed by atoms with Crippen molar-refractivity contribution in [3.63, 3.8) is 0 Å². The monoisotopic (exact) mass is 178 g/mol. The van der Waals surface area contributed by atoms with Gasteiger partial charge in [-0.25, -0.2) is 0 Å². The van der Waals surface area contributed by atoms with Crippen LogP contribution in [0.4, 0.5) is 0 Å². The van der Waals surface area contributed by atoms with Crippen LogP contribution >= 0.6 is 0 Å². The Labute approximate surface area is 77.8 Å². The SMILES string of the molecule is CC.Cc1cc2cccc(O)c2o1. The summed E-state index contributed by atoms with van der Waals surface area (Å²) in [6.45, 7) is 5.86. The van der Waals surface area contributed by atoms with Crippen LogP contribution in [0.2, 0.25) is 0 Å². The second-order valence-corrected chi connectivity index (χ2v) is 2.55. The topological polar surface area (TPSA) is 33.4 Å². The quantitative estimate of drug-likeness (QED) is 0.670. The van der Waals surface area contributed by atoms with Crippen molar-refractivity contribution in [3.05, 3.63) is 30.0 Å². The number of furan rings is 1. The van der Waals surface area contributed by atoms with Gasteiger partial charge in [-0.05, 0) is 19.1 Å². The molecule has 0 aliphatic heterocycles. The van der Waals surface area contributed by atoms with Crippen molar-refractivity contribution in [2.24, 2.45) is 0 Å². The normalized spacial score (nSPS) is 9.46. The number of aromatic hydroxyl groups is 1. The number of phenolic OH excluding ortho intramolecular Hbond substituents is 1. The first kappa shape index (κ1) is 9.65. The Hall–Kier alpha value is -1.44. The Balaban J connectivity index is 0.000000396. The lowest BCUT2D eigenvalue weighted by Gasteiger charge is -1.89. The number of rotatable bonds is 0. The van der Waals surface area contributed by atoms with Gasteiger partial charge in [0.1, 0.15) is 5.76 Å². The standard InChI is InChI=1S/C9H8O2.C2H6/c1-6-5-7-3-2-4-8(10)9(7)11-6;1-2/h2-5,10H,1H3;1-2H3. The molecule has 2 rings (SSSR count). The van der Waals surface area contributed by atoms with E-state index in [9.17, 15) is 5.11 Å². The molecule has 2 nitrogen and oxygen atoms in total. The Morgan fingerprint density at radius 2 is 1.92 bits per heavy atom. The first-order chi connectivity index (χ1) is 6.27. The molecule has 0 aliphatic rings. The van der Waals surface area contributed by atoms with Crippen LogP contribution in [0, 0.1) is 6.92 Å². The van der Waals surface area contributed by atoms with Crippen LogP contribution in [-0.4, -0.2) is 5.11 Å². The molecule has 0 amide bonds. The fourth-order valence-corrected chi connectivity index (χ4v) is 1.18. The Morgan fingerprint density at radius 3 is 2.54 bits per heavy atom. The van der Waals surface area contributed by atoms with Gasteiger partial charge in [-0.3, -0.25) is 0 Å². The predicted molar refractivity (Wildman–Crippen MR) is 54.0 cm³/mol. The molecule has 70 valence electrons. The van der Waals surface area contributed by atoms with Crippen molar-refractivity contribution in [2.45, 2.75) is 20.8 Å². The molecule has 1 heterocycles. The number of aryl methyl sites for hydroxylation is 1. The summed E-state index contributed by atoms with van der Waals surface area (Å²) in [7, 11) is 0. The second kappa shape index (κ2) is 3.99. The van der Waals surface area contributed by atoms with E-state index in [4.69, 9.17) is 4.42 Å². The number of para-hydroxylation sites is 1. The maximum Gasteiger partial charge on any atom is 0.175 e. The zero-order valence-electron chi connectivity index (χ0n) is 8.16. The fraction of sp³-hybridized carbons (Fsp3) is 0.273. The number of hydrogen-bond donors (Lipinski definition) is 1. The zero-order valence-corrected chi connectivity index (χ0v) is 8.16. The van der Waals surface area contributed by atoms with Gasteiger partial charge in [0.25, 0.3) is 0 Å². The van der Waals surface area contributed by atoms with Crippen LogP contribution in [0.15, 0.2) is 28.7 Å². The maximum absolute atomic E-state index is 9.29. The van der Waals surface area contributed by atoms with Crippen molar-refractivity contribution < 1.29 is 9.52 Å². The summed E-state index contributed by atoms with van der Waals surface area (Å²) >= 11 is 0. The van der Waals surface area contributed by atoms with Gasteiger partial charge in [0.15, 0.2) is 11.3 Å². The highest BCUT2D eigenvalue weighted by Gasteiger charge is 2.02. The van der Waals surface area contributed by atoms with E-state index in [1.807, 2.05) is 32.9 Å². The average molecular weight is 178 g/mol. The molecule has 1 N–H and O–H groups in total. The van der Waals surface area contributed by atoms with E-state index in [0.717, 1.165) is 11.1 Å². The third-order valence-corrected chi connectivity index (χ3v) is 1.65. The van der Waals surface area contributed by atoms with Crippen molar-refractivity contribution in [3.8, 4) is 5.75 Å². The van der Waals surface area contributed by atoms with Crippen molar-refractivity contribution in [1.29, 1.82) is 0 Å². The number of benzene rings is 1. The number of hydrogen-bond acceptors (Lipinski definition) is 2. The first-order valence-corrected chi connectivity index (χ1v) is 4.45. The van der Waals surface area contributed by atoms with Crippen LogP contribution in [0.25, 0.3) is 11.0 Å². The molecule has 1 aromatic carbocycles. The molecule has 0 aliphatic carbocycles. The van der Waals surface area contributed by atoms with Gasteiger partial charge in [-0.1, -0.05) is 26.0 Å². The third-order valence-electron chi connectivity index (χ3n) is 1.65. The highest BCUT2D eigenvalue weighted by atomic mass is 16.4. The summed E-state index contributed by atoms with van der Waals surface area (Å²) in [5, 5.41) is 10.2. The Morgan fingerprint density at radius 1 is 1.23 bits per heavy atom. The molecule has 2 heteroatoms.